The predicted octanol–water partition coefficient (Wildman–Crippen LogP) is 3.67. The van der Waals surface area contributed by atoms with E-state index in [1.807, 2.05) is 25.2 Å². The lowest BCUT2D eigenvalue weighted by molar-refractivity contribution is 0.411. The van der Waals surface area contributed by atoms with Gasteiger partial charge in [0, 0.05) is 12.4 Å². The van der Waals surface area contributed by atoms with Crippen LogP contribution in [0.4, 0.5) is 0 Å². The Morgan fingerprint density at radius 2 is 1.90 bits per heavy atom. The van der Waals surface area contributed by atoms with Crippen LogP contribution >= 0.6 is 11.3 Å². The van der Waals surface area contributed by atoms with Crippen molar-refractivity contribution < 1.29 is 0 Å². The first-order valence-corrected chi connectivity index (χ1v) is 8.13. The molecule has 0 aliphatic carbocycles. The molecule has 110 valence electrons. The standard InChI is InChI=1S/C16H20N4S/c1-4-16(17,5-2)15-19-12(10-21-15)14-18-11-8-6-7-9-13(11)20(14)3/h6-10H,4-5,17H2,1-3H3. The second-order valence-electron chi connectivity index (χ2n) is 5.38. The second kappa shape index (κ2) is 5.24. The Labute approximate surface area is 128 Å². The van der Waals surface area contributed by atoms with Gasteiger partial charge in [0.05, 0.1) is 16.6 Å². The van der Waals surface area contributed by atoms with Crippen LogP contribution in [0.25, 0.3) is 22.6 Å². The molecule has 0 radical (unpaired) electrons. The van der Waals surface area contributed by atoms with Crippen molar-refractivity contribution in [3.8, 4) is 11.5 Å². The summed E-state index contributed by atoms with van der Waals surface area (Å²) in [5.41, 5.74) is 9.14. The molecule has 0 fully saturated rings. The lowest BCUT2D eigenvalue weighted by Crippen LogP contribution is -2.34. The first-order chi connectivity index (χ1) is 10.1. The van der Waals surface area contributed by atoms with Gasteiger partial charge in [-0.05, 0) is 25.0 Å². The SMILES string of the molecule is CCC(N)(CC)c1nc(-c2nc3ccccc3n2C)cs1. The van der Waals surface area contributed by atoms with Crippen LogP contribution in [-0.2, 0) is 12.6 Å². The van der Waals surface area contributed by atoms with Gasteiger partial charge in [0.15, 0.2) is 5.82 Å². The minimum atomic E-state index is -0.326. The molecule has 0 saturated heterocycles. The fraction of sp³-hybridized carbons (Fsp3) is 0.375. The highest BCUT2D eigenvalue weighted by molar-refractivity contribution is 7.10. The summed E-state index contributed by atoms with van der Waals surface area (Å²) in [5, 5.41) is 3.05. The van der Waals surface area contributed by atoms with Crippen LogP contribution in [0.3, 0.4) is 0 Å². The summed E-state index contributed by atoms with van der Waals surface area (Å²) in [7, 11) is 2.03. The zero-order valence-corrected chi connectivity index (χ0v) is 13.4. The Kier molecular flexibility index (Phi) is 3.55. The molecule has 2 N–H and O–H groups in total. The summed E-state index contributed by atoms with van der Waals surface area (Å²) in [6.45, 7) is 4.22. The summed E-state index contributed by atoms with van der Waals surface area (Å²) in [5.74, 6) is 0.897. The van der Waals surface area contributed by atoms with Gasteiger partial charge in [0.1, 0.15) is 10.7 Å². The van der Waals surface area contributed by atoms with Crippen molar-refractivity contribution in [2.24, 2.45) is 12.8 Å². The molecule has 2 aromatic heterocycles. The molecule has 0 saturated carbocycles. The molecule has 0 atom stereocenters. The van der Waals surface area contributed by atoms with Crippen LogP contribution < -0.4 is 5.73 Å². The number of nitrogens with zero attached hydrogens (tertiary/aromatic N) is 3. The zero-order valence-electron chi connectivity index (χ0n) is 12.6. The molecule has 0 spiro atoms. The smallest absolute Gasteiger partial charge is 0.160 e. The van der Waals surface area contributed by atoms with Gasteiger partial charge in [-0.2, -0.15) is 0 Å². The number of fused-ring (bicyclic) bond motifs is 1. The van der Waals surface area contributed by atoms with Crippen LogP contribution in [0.1, 0.15) is 31.7 Å². The summed E-state index contributed by atoms with van der Waals surface area (Å²) in [6, 6.07) is 8.13. The fourth-order valence-corrected chi connectivity index (χ4v) is 3.59. The van der Waals surface area contributed by atoms with Gasteiger partial charge >= 0.3 is 0 Å². The van der Waals surface area contributed by atoms with Crippen LogP contribution in [0.15, 0.2) is 29.6 Å². The maximum atomic E-state index is 6.44. The average Bonchev–Trinajstić information content (AvgIpc) is 3.12. The first kappa shape index (κ1) is 14.2. The fourth-order valence-electron chi connectivity index (χ4n) is 2.53. The van der Waals surface area contributed by atoms with Crippen molar-refractivity contribution >= 4 is 22.4 Å². The number of para-hydroxylation sites is 2. The topological polar surface area (TPSA) is 56.7 Å². The highest BCUT2D eigenvalue weighted by atomic mass is 32.1. The summed E-state index contributed by atoms with van der Waals surface area (Å²) in [4.78, 5) is 9.46. The second-order valence-corrected chi connectivity index (χ2v) is 6.24. The van der Waals surface area contributed by atoms with Gasteiger partial charge < -0.3 is 10.3 Å². The monoisotopic (exact) mass is 300 g/mol. The molecule has 0 aliphatic heterocycles. The van der Waals surface area contributed by atoms with E-state index in [2.05, 4.69) is 29.9 Å². The predicted molar refractivity (Wildman–Crippen MR) is 88.3 cm³/mol. The van der Waals surface area contributed by atoms with E-state index >= 15 is 0 Å². The highest BCUT2D eigenvalue weighted by Gasteiger charge is 2.27. The van der Waals surface area contributed by atoms with Crippen LogP contribution in [0, 0.1) is 0 Å². The number of nitrogens with two attached hydrogens (primary N) is 1. The molecule has 3 rings (SSSR count). The van der Waals surface area contributed by atoms with Gasteiger partial charge in [0.25, 0.3) is 0 Å². The molecule has 3 aromatic rings. The number of hydrogen-bond donors (Lipinski definition) is 1. The van der Waals surface area contributed by atoms with Crippen molar-refractivity contribution in [3.63, 3.8) is 0 Å². The van der Waals surface area contributed by atoms with Crippen LogP contribution in [0.2, 0.25) is 0 Å². The number of benzene rings is 1. The molecule has 0 unspecified atom stereocenters. The molecule has 1 aromatic carbocycles. The van der Waals surface area contributed by atoms with Gasteiger partial charge in [0.2, 0.25) is 0 Å². The quantitative estimate of drug-likeness (QED) is 0.799. The van der Waals surface area contributed by atoms with E-state index in [1.54, 1.807) is 11.3 Å². The molecular weight excluding hydrogens is 280 g/mol. The number of aryl methyl sites for hydroxylation is 1. The number of thiazole rings is 1. The van der Waals surface area contributed by atoms with Crippen LogP contribution in [0.5, 0.6) is 0 Å². The molecule has 21 heavy (non-hydrogen) atoms. The Balaban J connectivity index is 2.08. The molecule has 5 heteroatoms. The van der Waals surface area contributed by atoms with Crippen molar-refractivity contribution in [3.05, 3.63) is 34.7 Å². The average molecular weight is 300 g/mol. The third kappa shape index (κ3) is 2.26. The summed E-state index contributed by atoms with van der Waals surface area (Å²) >= 11 is 1.63. The Bertz CT molecular complexity index is 768. The highest BCUT2D eigenvalue weighted by Crippen LogP contribution is 2.32. The molecule has 0 aliphatic rings. The van der Waals surface area contributed by atoms with E-state index < -0.39 is 0 Å². The first-order valence-electron chi connectivity index (χ1n) is 7.25. The van der Waals surface area contributed by atoms with Crippen molar-refractivity contribution in [2.45, 2.75) is 32.2 Å². The number of hydrogen-bond acceptors (Lipinski definition) is 4. The number of rotatable bonds is 4. The number of imidazole rings is 1. The maximum absolute atomic E-state index is 6.44. The van der Waals surface area contributed by atoms with E-state index in [9.17, 15) is 0 Å². The third-order valence-corrected chi connectivity index (χ3v) is 5.27. The minimum absolute atomic E-state index is 0.326. The molecule has 0 amide bonds. The molecule has 0 bridgehead atoms. The minimum Gasteiger partial charge on any atom is -0.326 e. The largest absolute Gasteiger partial charge is 0.326 e. The van der Waals surface area contributed by atoms with Crippen molar-refractivity contribution in [2.75, 3.05) is 0 Å². The lowest BCUT2D eigenvalue weighted by atomic mass is 9.95. The lowest BCUT2D eigenvalue weighted by Gasteiger charge is -2.23. The van der Waals surface area contributed by atoms with Crippen molar-refractivity contribution in [1.82, 2.24) is 14.5 Å². The van der Waals surface area contributed by atoms with E-state index in [0.29, 0.717) is 0 Å². The van der Waals surface area contributed by atoms with E-state index in [0.717, 1.165) is 40.4 Å². The Morgan fingerprint density at radius 3 is 2.57 bits per heavy atom. The molecular formula is C16H20N4S. The van der Waals surface area contributed by atoms with E-state index in [-0.39, 0.29) is 5.54 Å². The summed E-state index contributed by atoms with van der Waals surface area (Å²) in [6.07, 6.45) is 1.78. The van der Waals surface area contributed by atoms with E-state index in [4.69, 9.17) is 15.7 Å². The number of aromatic nitrogens is 3. The Hall–Kier alpha value is -1.72. The summed E-state index contributed by atoms with van der Waals surface area (Å²) < 4.78 is 2.09. The van der Waals surface area contributed by atoms with Gasteiger partial charge in [-0.1, -0.05) is 26.0 Å². The van der Waals surface area contributed by atoms with E-state index in [1.165, 1.54) is 0 Å². The normalized spacial score (nSPS) is 12.2. The van der Waals surface area contributed by atoms with Gasteiger partial charge in [-0.25, -0.2) is 9.97 Å². The van der Waals surface area contributed by atoms with Crippen LogP contribution in [-0.4, -0.2) is 14.5 Å². The zero-order chi connectivity index (χ0) is 15.0. The van der Waals surface area contributed by atoms with Gasteiger partial charge in [-0.15, -0.1) is 11.3 Å². The maximum Gasteiger partial charge on any atom is 0.160 e. The van der Waals surface area contributed by atoms with Gasteiger partial charge in [-0.3, -0.25) is 0 Å². The Morgan fingerprint density at radius 1 is 1.19 bits per heavy atom. The third-order valence-electron chi connectivity index (χ3n) is 4.21. The van der Waals surface area contributed by atoms with Crippen molar-refractivity contribution in [1.29, 1.82) is 0 Å². The molecule has 4 nitrogen and oxygen atoms in total. The molecule has 2 heterocycles.